The van der Waals surface area contributed by atoms with Crippen molar-refractivity contribution in [3.63, 3.8) is 0 Å². The molecule has 0 saturated heterocycles. The Kier molecular flexibility index (Phi) is 4.18. The highest BCUT2D eigenvalue weighted by Crippen LogP contribution is 2.44. The van der Waals surface area contributed by atoms with Crippen molar-refractivity contribution >= 4 is 7.60 Å². The second-order valence-corrected chi connectivity index (χ2v) is 4.06. The van der Waals surface area contributed by atoms with E-state index in [0.29, 0.717) is 6.42 Å². The van der Waals surface area contributed by atoms with Gasteiger partial charge in [-0.15, -0.1) is 0 Å². The van der Waals surface area contributed by atoms with E-state index < -0.39 is 26.0 Å². The Morgan fingerprint density at radius 2 is 2.00 bits per heavy atom. The lowest BCUT2D eigenvalue weighted by Crippen LogP contribution is -2.13. The van der Waals surface area contributed by atoms with E-state index >= 15 is 0 Å². The minimum Gasteiger partial charge on any atom is -0.393 e. The molecule has 1 unspecified atom stereocenters. The molecule has 0 spiro atoms. The lowest BCUT2D eigenvalue weighted by Gasteiger charge is -2.12. The molecule has 11 heavy (non-hydrogen) atoms. The molecule has 0 fully saturated rings. The third kappa shape index (κ3) is 4.48. The molecule has 0 aliphatic carbocycles. The summed E-state index contributed by atoms with van der Waals surface area (Å²) in [5, 5.41) is 8.81. The summed E-state index contributed by atoms with van der Waals surface area (Å²) in [7, 11) is -4.65. The molecule has 0 aliphatic rings. The standard InChI is InChI=1S/C5H12FO4P/c1-2-4(7)3-5(6)11(8,9)10/h4-5,7H,2-3H2,1H3,(H2,8,9,10)/t4-,5?/m0/s1. The Morgan fingerprint density at radius 1 is 1.55 bits per heavy atom. The van der Waals surface area contributed by atoms with E-state index in [4.69, 9.17) is 14.9 Å². The van der Waals surface area contributed by atoms with Crippen LogP contribution in [0.4, 0.5) is 4.39 Å². The van der Waals surface area contributed by atoms with Crippen LogP contribution in [0.15, 0.2) is 0 Å². The highest BCUT2D eigenvalue weighted by molar-refractivity contribution is 7.52. The number of aliphatic hydroxyl groups excluding tert-OH is 1. The largest absolute Gasteiger partial charge is 0.393 e. The van der Waals surface area contributed by atoms with Gasteiger partial charge >= 0.3 is 7.60 Å². The lowest BCUT2D eigenvalue weighted by molar-refractivity contribution is 0.133. The number of alkyl halides is 1. The summed E-state index contributed by atoms with van der Waals surface area (Å²) < 4.78 is 22.6. The molecule has 68 valence electrons. The molecule has 0 bridgehead atoms. The molecule has 6 heteroatoms. The molecule has 0 aliphatic heterocycles. The van der Waals surface area contributed by atoms with Gasteiger partial charge in [-0.25, -0.2) is 4.39 Å². The van der Waals surface area contributed by atoms with Gasteiger partial charge in [-0.05, 0) is 6.42 Å². The minimum absolute atomic E-state index is 0.292. The highest BCUT2D eigenvalue weighted by atomic mass is 31.2. The van der Waals surface area contributed by atoms with Gasteiger partial charge in [-0.2, -0.15) is 0 Å². The first-order valence-corrected chi connectivity index (χ1v) is 4.93. The van der Waals surface area contributed by atoms with Crippen molar-refractivity contribution in [3.8, 4) is 0 Å². The van der Waals surface area contributed by atoms with Crippen molar-refractivity contribution in [1.82, 2.24) is 0 Å². The van der Waals surface area contributed by atoms with Crippen molar-refractivity contribution < 1.29 is 23.8 Å². The van der Waals surface area contributed by atoms with E-state index in [9.17, 15) is 8.96 Å². The van der Waals surface area contributed by atoms with Crippen LogP contribution < -0.4 is 0 Å². The van der Waals surface area contributed by atoms with E-state index in [2.05, 4.69) is 0 Å². The predicted octanol–water partition coefficient (Wildman–Crippen LogP) is 0.621. The normalized spacial score (nSPS) is 17.9. The molecule has 0 saturated carbocycles. The van der Waals surface area contributed by atoms with Gasteiger partial charge in [0.2, 0.25) is 5.91 Å². The summed E-state index contributed by atoms with van der Waals surface area (Å²) in [4.78, 5) is 16.5. The van der Waals surface area contributed by atoms with Crippen molar-refractivity contribution in [2.45, 2.75) is 31.8 Å². The predicted molar refractivity (Wildman–Crippen MR) is 37.9 cm³/mol. The van der Waals surface area contributed by atoms with E-state index in [1.807, 2.05) is 0 Å². The monoisotopic (exact) mass is 186 g/mol. The Labute approximate surface area is 64.2 Å². The molecule has 0 aromatic heterocycles. The lowest BCUT2D eigenvalue weighted by atomic mass is 10.2. The fourth-order valence-electron chi connectivity index (χ4n) is 0.528. The third-order valence-corrected chi connectivity index (χ3v) is 2.24. The zero-order valence-corrected chi connectivity index (χ0v) is 7.04. The number of hydrogen-bond acceptors (Lipinski definition) is 2. The summed E-state index contributed by atoms with van der Waals surface area (Å²) in [5.74, 6) is -2.24. The first-order valence-electron chi connectivity index (χ1n) is 3.25. The second kappa shape index (κ2) is 4.16. The maximum absolute atomic E-state index is 12.4. The van der Waals surface area contributed by atoms with Crippen LogP contribution in [0.25, 0.3) is 0 Å². The highest BCUT2D eigenvalue weighted by Gasteiger charge is 2.29. The van der Waals surface area contributed by atoms with Crippen LogP contribution >= 0.6 is 7.60 Å². The van der Waals surface area contributed by atoms with E-state index in [0.717, 1.165) is 0 Å². The second-order valence-electron chi connectivity index (χ2n) is 2.32. The van der Waals surface area contributed by atoms with E-state index in [1.54, 1.807) is 6.92 Å². The topological polar surface area (TPSA) is 77.8 Å². The summed E-state index contributed by atoms with van der Waals surface area (Å²) in [6, 6.07) is 0. The van der Waals surface area contributed by atoms with Crippen LogP contribution in [0.2, 0.25) is 0 Å². The third-order valence-electron chi connectivity index (χ3n) is 1.30. The molecule has 0 radical (unpaired) electrons. The summed E-state index contributed by atoms with van der Waals surface area (Å²) in [5.41, 5.74) is 0. The van der Waals surface area contributed by atoms with Crippen molar-refractivity contribution in [2.24, 2.45) is 0 Å². The zero-order valence-electron chi connectivity index (χ0n) is 6.14. The molecular formula is C5H12FO4P. The van der Waals surface area contributed by atoms with Gasteiger partial charge in [0.1, 0.15) is 0 Å². The van der Waals surface area contributed by atoms with Gasteiger partial charge in [0.05, 0.1) is 6.10 Å². The van der Waals surface area contributed by atoms with Crippen molar-refractivity contribution in [3.05, 3.63) is 0 Å². The molecule has 2 atom stereocenters. The molecular weight excluding hydrogens is 174 g/mol. The zero-order chi connectivity index (χ0) is 9.07. The van der Waals surface area contributed by atoms with E-state index in [1.165, 1.54) is 0 Å². The maximum atomic E-state index is 12.4. The smallest absolute Gasteiger partial charge is 0.359 e. The fraction of sp³-hybridized carbons (Fsp3) is 1.00. The first kappa shape index (κ1) is 11.0. The number of halogens is 1. The van der Waals surface area contributed by atoms with Crippen LogP contribution in [-0.4, -0.2) is 26.9 Å². The Hall–Kier alpha value is 0.0400. The van der Waals surface area contributed by atoms with Gasteiger partial charge < -0.3 is 14.9 Å². The Morgan fingerprint density at radius 3 is 2.27 bits per heavy atom. The minimum atomic E-state index is -4.65. The number of hydrogen-bond donors (Lipinski definition) is 3. The summed E-state index contributed by atoms with van der Waals surface area (Å²) >= 11 is 0. The molecule has 0 aromatic rings. The van der Waals surface area contributed by atoms with Crippen molar-refractivity contribution in [1.29, 1.82) is 0 Å². The average molecular weight is 186 g/mol. The number of rotatable bonds is 4. The summed E-state index contributed by atoms with van der Waals surface area (Å²) in [6.07, 6.45) is -1.18. The fourth-order valence-corrected chi connectivity index (χ4v) is 1.05. The Bertz CT molecular complexity index is 157. The van der Waals surface area contributed by atoms with Gasteiger partial charge in [0.15, 0.2) is 0 Å². The number of aliphatic hydroxyl groups is 1. The van der Waals surface area contributed by atoms with Crippen LogP contribution in [0.3, 0.4) is 0 Å². The molecule has 4 nitrogen and oxygen atoms in total. The van der Waals surface area contributed by atoms with Crippen LogP contribution in [-0.2, 0) is 4.57 Å². The van der Waals surface area contributed by atoms with Crippen LogP contribution in [0.5, 0.6) is 0 Å². The van der Waals surface area contributed by atoms with Gasteiger partial charge in [-0.3, -0.25) is 4.57 Å². The molecule has 0 amide bonds. The SMILES string of the molecule is CC[C@H](O)CC(F)P(=O)(O)O. The van der Waals surface area contributed by atoms with Crippen molar-refractivity contribution in [2.75, 3.05) is 0 Å². The molecule has 3 N–H and O–H groups in total. The Balaban J connectivity index is 3.88. The van der Waals surface area contributed by atoms with Crippen LogP contribution in [0.1, 0.15) is 19.8 Å². The maximum Gasteiger partial charge on any atom is 0.359 e. The van der Waals surface area contributed by atoms with Gasteiger partial charge in [-0.1, -0.05) is 6.92 Å². The average Bonchev–Trinajstić information content (AvgIpc) is 1.85. The molecule has 0 rings (SSSR count). The summed E-state index contributed by atoms with van der Waals surface area (Å²) in [6.45, 7) is 1.61. The van der Waals surface area contributed by atoms with Crippen LogP contribution in [0, 0.1) is 0 Å². The quantitative estimate of drug-likeness (QED) is 0.562. The van der Waals surface area contributed by atoms with Gasteiger partial charge in [0.25, 0.3) is 0 Å². The first-order chi connectivity index (χ1) is 4.88. The van der Waals surface area contributed by atoms with E-state index in [-0.39, 0.29) is 0 Å². The molecule has 0 heterocycles. The van der Waals surface area contributed by atoms with Gasteiger partial charge in [0, 0.05) is 6.42 Å². The molecule has 0 aromatic carbocycles.